The first-order valence-electron chi connectivity index (χ1n) is 5.85. The molecule has 0 radical (unpaired) electrons. The van der Waals surface area contributed by atoms with Crippen LogP contribution in [0, 0.1) is 0 Å². The number of esters is 1. The molecule has 0 saturated heterocycles. The average Bonchev–Trinajstić information content (AvgIpc) is 2.38. The third-order valence-corrected chi connectivity index (χ3v) is 3.08. The second-order valence-corrected chi connectivity index (χ2v) is 4.63. The fraction of sp³-hybridized carbons (Fsp3) is 0.462. The fourth-order valence-electron chi connectivity index (χ4n) is 1.28. The summed E-state index contributed by atoms with van der Waals surface area (Å²) in [6, 6.07) is 5.18. The van der Waals surface area contributed by atoms with E-state index in [0.29, 0.717) is 17.9 Å². The Bertz CT molecular complexity index is 393. The highest BCUT2D eigenvalue weighted by atomic mass is 79.9. The van der Waals surface area contributed by atoms with Gasteiger partial charge in [-0.05, 0) is 30.2 Å². The fourth-order valence-corrected chi connectivity index (χ4v) is 1.65. The Morgan fingerprint density at radius 2 is 2.22 bits per heavy atom. The van der Waals surface area contributed by atoms with E-state index < -0.39 is 0 Å². The zero-order chi connectivity index (χ0) is 13.4. The van der Waals surface area contributed by atoms with Crippen molar-refractivity contribution >= 4 is 21.9 Å². The molecular formula is C13H17BrO4. The van der Waals surface area contributed by atoms with Crippen molar-refractivity contribution in [3.8, 4) is 5.75 Å². The molecule has 0 heterocycles. The Morgan fingerprint density at radius 3 is 2.89 bits per heavy atom. The van der Waals surface area contributed by atoms with E-state index >= 15 is 0 Å². The van der Waals surface area contributed by atoms with Crippen LogP contribution in [0.5, 0.6) is 5.75 Å². The summed E-state index contributed by atoms with van der Waals surface area (Å²) in [5.41, 5.74) is 0.715. The summed E-state index contributed by atoms with van der Waals surface area (Å²) in [5.74, 6) is 0.159. The van der Waals surface area contributed by atoms with Gasteiger partial charge in [0.25, 0.3) is 0 Å². The highest BCUT2D eigenvalue weighted by Crippen LogP contribution is 2.22. The number of rotatable bonds is 7. The van der Waals surface area contributed by atoms with Gasteiger partial charge in [-0.15, -0.1) is 0 Å². The molecule has 4 nitrogen and oxygen atoms in total. The predicted octanol–water partition coefficient (Wildman–Crippen LogP) is 2.66. The maximum atomic E-state index is 11.3. The lowest BCUT2D eigenvalue weighted by Gasteiger charge is -2.08. The van der Waals surface area contributed by atoms with E-state index in [-0.39, 0.29) is 19.2 Å². The average molecular weight is 317 g/mol. The quantitative estimate of drug-likeness (QED) is 0.620. The minimum atomic E-state index is -0.378. The van der Waals surface area contributed by atoms with Gasteiger partial charge >= 0.3 is 5.97 Å². The van der Waals surface area contributed by atoms with Crippen molar-refractivity contribution in [3.05, 3.63) is 28.2 Å². The number of ether oxygens (including phenoxy) is 2. The van der Waals surface area contributed by atoms with Crippen molar-refractivity contribution in [2.75, 3.05) is 13.2 Å². The molecule has 1 N–H and O–H groups in total. The molecule has 0 aliphatic carbocycles. The molecule has 0 fully saturated rings. The van der Waals surface area contributed by atoms with E-state index in [2.05, 4.69) is 15.9 Å². The van der Waals surface area contributed by atoms with Crippen LogP contribution in [-0.4, -0.2) is 24.3 Å². The molecule has 0 saturated carbocycles. The molecule has 1 aromatic rings. The standard InChI is InChI=1S/C13H17BrO4/c1-2-3-6-17-13(16)9-18-11-4-5-12(14)10(7-11)8-15/h4-5,7,15H,2-3,6,8-9H2,1H3. The monoisotopic (exact) mass is 316 g/mol. The molecule has 1 aromatic carbocycles. The minimum Gasteiger partial charge on any atom is -0.482 e. The summed E-state index contributed by atoms with van der Waals surface area (Å²) in [6.07, 6.45) is 1.85. The van der Waals surface area contributed by atoms with Crippen LogP contribution in [0.25, 0.3) is 0 Å². The molecule has 5 heteroatoms. The number of aliphatic hydroxyl groups is 1. The smallest absolute Gasteiger partial charge is 0.344 e. The van der Waals surface area contributed by atoms with E-state index in [1.807, 2.05) is 6.92 Å². The van der Waals surface area contributed by atoms with E-state index in [1.54, 1.807) is 18.2 Å². The Balaban J connectivity index is 2.41. The molecule has 0 amide bonds. The molecule has 0 aromatic heterocycles. The zero-order valence-corrected chi connectivity index (χ0v) is 11.9. The van der Waals surface area contributed by atoms with Gasteiger partial charge in [-0.25, -0.2) is 4.79 Å². The lowest BCUT2D eigenvalue weighted by molar-refractivity contribution is -0.146. The second-order valence-electron chi connectivity index (χ2n) is 3.77. The normalized spacial score (nSPS) is 10.2. The first kappa shape index (κ1) is 15.0. The number of hydrogen-bond donors (Lipinski definition) is 1. The van der Waals surface area contributed by atoms with E-state index in [4.69, 9.17) is 14.6 Å². The van der Waals surface area contributed by atoms with Gasteiger partial charge in [0.05, 0.1) is 13.2 Å². The molecule has 100 valence electrons. The van der Waals surface area contributed by atoms with Crippen molar-refractivity contribution < 1.29 is 19.4 Å². The van der Waals surface area contributed by atoms with Gasteiger partial charge in [0.2, 0.25) is 0 Å². The van der Waals surface area contributed by atoms with Gasteiger partial charge in [-0.3, -0.25) is 0 Å². The molecule has 0 aliphatic heterocycles. The van der Waals surface area contributed by atoms with Crippen LogP contribution in [0.4, 0.5) is 0 Å². The minimum absolute atomic E-state index is 0.0846. The van der Waals surface area contributed by atoms with Gasteiger partial charge in [0.15, 0.2) is 6.61 Å². The van der Waals surface area contributed by atoms with Crippen molar-refractivity contribution in [1.29, 1.82) is 0 Å². The zero-order valence-electron chi connectivity index (χ0n) is 10.3. The Hall–Kier alpha value is -1.07. The molecule has 0 bridgehead atoms. The molecule has 0 aliphatic rings. The Kier molecular flexibility index (Phi) is 6.75. The SMILES string of the molecule is CCCCOC(=O)COc1ccc(Br)c(CO)c1. The Morgan fingerprint density at radius 1 is 1.44 bits per heavy atom. The number of hydrogen-bond acceptors (Lipinski definition) is 4. The largest absolute Gasteiger partial charge is 0.482 e. The number of unbranched alkanes of at least 4 members (excludes halogenated alkanes) is 1. The molecule has 18 heavy (non-hydrogen) atoms. The predicted molar refractivity (Wildman–Crippen MR) is 71.4 cm³/mol. The van der Waals surface area contributed by atoms with Crippen LogP contribution in [0.1, 0.15) is 25.3 Å². The first-order valence-corrected chi connectivity index (χ1v) is 6.64. The number of halogens is 1. The molecular weight excluding hydrogens is 300 g/mol. The summed E-state index contributed by atoms with van der Waals surface area (Å²) in [7, 11) is 0. The molecule has 0 unspecified atom stereocenters. The lowest BCUT2D eigenvalue weighted by Crippen LogP contribution is -2.15. The summed E-state index contributed by atoms with van der Waals surface area (Å²) in [5, 5.41) is 9.09. The van der Waals surface area contributed by atoms with Crippen LogP contribution in [-0.2, 0) is 16.1 Å². The second kappa shape index (κ2) is 8.11. The van der Waals surface area contributed by atoms with E-state index in [0.717, 1.165) is 17.3 Å². The summed E-state index contributed by atoms with van der Waals surface area (Å²) < 4.78 is 11.1. The van der Waals surface area contributed by atoms with Gasteiger partial charge in [0, 0.05) is 4.47 Å². The maximum absolute atomic E-state index is 11.3. The first-order chi connectivity index (χ1) is 8.67. The molecule has 1 rings (SSSR count). The van der Waals surface area contributed by atoms with Crippen LogP contribution in [0.15, 0.2) is 22.7 Å². The topological polar surface area (TPSA) is 55.8 Å². The number of carbonyl (C=O) groups is 1. The van der Waals surface area contributed by atoms with Crippen molar-refractivity contribution in [1.82, 2.24) is 0 Å². The third-order valence-electron chi connectivity index (χ3n) is 2.31. The highest BCUT2D eigenvalue weighted by molar-refractivity contribution is 9.10. The van der Waals surface area contributed by atoms with Gasteiger partial charge in [-0.1, -0.05) is 29.3 Å². The van der Waals surface area contributed by atoms with Crippen molar-refractivity contribution in [3.63, 3.8) is 0 Å². The van der Waals surface area contributed by atoms with E-state index in [9.17, 15) is 4.79 Å². The van der Waals surface area contributed by atoms with Crippen LogP contribution in [0.2, 0.25) is 0 Å². The highest BCUT2D eigenvalue weighted by Gasteiger charge is 2.06. The third kappa shape index (κ3) is 5.06. The van der Waals surface area contributed by atoms with Gasteiger partial charge in [0.1, 0.15) is 5.75 Å². The van der Waals surface area contributed by atoms with Crippen LogP contribution < -0.4 is 4.74 Å². The van der Waals surface area contributed by atoms with Gasteiger partial charge in [-0.2, -0.15) is 0 Å². The van der Waals surface area contributed by atoms with E-state index in [1.165, 1.54) is 0 Å². The summed E-state index contributed by atoms with van der Waals surface area (Å²) in [6.45, 7) is 2.26. The van der Waals surface area contributed by atoms with Gasteiger partial charge < -0.3 is 14.6 Å². The van der Waals surface area contributed by atoms with Crippen molar-refractivity contribution in [2.45, 2.75) is 26.4 Å². The number of benzene rings is 1. The van der Waals surface area contributed by atoms with Crippen molar-refractivity contribution in [2.24, 2.45) is 0 Å². The molecule has 0 spiro atoms. The summed E-state index contributed by atoms with van der Waals surface area (Å²) >= 11 is 3.31. The van der Waals surface area contributed by atoms with Crippen LogP contribution in [0.3, 0.4) is 0 Å². The number of aliphatic hydroxyl groups excluding tert-OH is 1. The lowest BCUT2D eigenvalue weighted by atomic mass is 10.2. The Labute approximate surface area is 115 Å². The summed E-state index contributed by atoms with van der Waals surface area (Å²) in [4.78, 5) is 11.3. The molecule has 0 atom stereocenters. The maximum Gasteiger partial charge on any atom is 0.344 e. The van der Waals surface area contributed by atoms with Crippen LogP contribution >= 0.6 is 15.9 Å². The number of carbonyl (C=O) groups excluding carboxylic acids is 1.